The lowest BCUT2D eigenvalue weighted by Crippen LogP contribution is -3.28. The van der Waals surface area contributed by atoms with Gasteiger partial charge in [-0.25, -0.2) is 0 Å². The maximum absolute atomic E-state index is 6.10. The van der Waals surface area contributed by atoms with Gasteiger partial charge in [0.2, 0.25) is 0 Å². The van der Waals surface area contributed by atoms with Crippen molar-refractivity contribution in [3.63, 3.8) is 0 Å². The van der Waals surface area contributed by atoms with E-state index in [4.69, 9.17) is 9.47 Å². The van der Waals surface area contributed by atoms with Crippen LogP contribution >= 0.6 is 0 Å². The molecule has 0 aromatic heterocycles. The van der Waals surface area contributed by atoms with Crippen LogP contribution in [0.25, 0.3) is 0 Å². The van der Waals surface area contributed by atoms with Crippen molar-refractivity contribution in [2.45, 2.75) is 76.4 Å². The van der Waals surface area contributed by atoms with Crippen molar-refractivity contribution >= 4 is 0 Å². The van der Waals surface area contributed by atoms with Crippen LogP contribution in [0.1, 0.15) is 64.2 Å². The summed E-state index contributed by atoms with van der Waals surface area (Å²) in [7, 11) is 0. The van der Waals surface area contributed by atoms with Gasteiger partial charge >= 0.3 is 0 Å². The number of hydrogen-bond acceptors (Lipinski definition) is 2. The summed E-state index contributed by atoms with van der Waals surface area (Å²) in [5, 5.41) is 0. The lowest BCUT2D eigenvalue weighted by molar-refractivity contribution is -1.01. The zero-order valence-corrected chi connectivity index (χ0v) is 19.6. The summed E-state index contributed by atoms with van der Waals surface area (Å²) in [5.41, 5.74) is 0. The molecule has 6 heteroatoms. The summed E-state index contributed by atoms with van der Waals surface area (Å²) in [6.45, 7) is 9.62. The van der Waals surface area contributed by atoms with E-state index in [1.54, 1.807) is 9.80 Å². The molecule has 0 amide bonds. The third kappa shape index (κ3) is 9.33. The molecule has 1 heterocycles. The Morgan fingerprint density at radius 3 is 1.23 bits per heavy atom. The summed E-state index contributed by atoms with van der Waals surface area (Å²) in [5.74, 6) is 0. The van der Waals surface area contributed by atoms with Gasteiger partial charge in [-0.3, -0.25) is 0 Å². The average Bonchev–Trinajstić information content (AvgIpc) is 2.65. The molecular formula is C20H40Br2N2O2. The summed E-state index contributed by atoms with van der Waals surface area (Å²) in [6.07, 6.45) is 14.7. The topological polar surface area (TPSA) is 27.3 Å². The maximum atomic E-state index is 6.10. The predicted octanol–water partition coefficient (Wildman–Crippen LogP) is -5.52. The van der Waals surface area contributed by atoms with Gasteiger partial charge < -0.3 is 53.2 Å². The van der Waals surface area contributed by atoms with Crippen LogP contribution in [0.4, 0.5) is 0 Å². The highest BCUT2D eigenvalue weighted by Gasteiger charge is 2.23. The van der Waals surface area contributed by atoms with E-state index in [0.29, 0.717) is 12.2 Å². The van der Waals surface area contributed by atoms with Crippen molar-refractivity contribution in [3.05, 3.63) is 0 Å². The van der Waals surface area contributed by atoms with Gasteiger partial charge in [-0.1, -0.05) is 38.5 Å². The minimum Gasteiger partial charge on any atom is -1.00 e. The van der Waals surface area contributed by atoms with Crippen LogP contribution in [0, 0.1) is 0 Å². The molecule has 3 aliphatic rings. The van der Waals surface area contributed by atoms with E-state index in [2.05, 4.69) is 0 Å². The van der Waals surface area contributed by atoms with Crippen molar-refractivity contribution in [2.24, 2.45) is 0 Å². The third-order valence-electron chi connectivity index (χ3n) is 6.39. The molecule has 0 spiro atoms. The number of hydrogen-bond donors (Lipinski definition) is 2. The second-order valence-corrected chi connectivity index (χ2v) is 8.26. The Hall–Kier alpha value is 0.800. The maximum Gasteiger partial charge on any atom is 0.127 e. The highest BCUT2D eigenvalue weighted by Crippen LogP contribution is 2.20. The SMILES string of the molecule is C1CCC(OCC[NH+]2CC[NH+](CCOC3CCCCC3)CC2)CC1.[Br-].[Br-]. The molecule has 3 rings (SSSR count). The zero-order chi connectivity index (χ0) is 16.5. The Balaban J connectivity index is 0.00000169. The zero-order valence-electron chi connectivity index (χ0n) is 16.5. The van der Waals surface area contributed by atoms with Crippen LogP contribution in [0.3, 0.4) is 0 Å². The first-order valence-corrected chi connectivity index (χ1v) is 10.8. The fourth-order valence-electron chi connectivity index (χ4n) is 4.66. The van der Waals surface area contributed by atoms with Gasteiger partial charge in [-0.15, -0.1) is 0 Å². The monoisotopic (exact) mass is 498 g/mol. The molecule has 0 aromatic rings. The van der Waals surface area contributed by atoms with E-state index in [1.165, 1.54) is 103 Å². The molecule has 0 aromatic carbocycles. The molecule has 1 saturated heterocycles. The summed E-state index contributed by atoms with van der Waals surface area (Å²) in [6, 6.07) is 0. The molecule has 4 nitrogen and oxygen atoms in total. The molecule has 3 fully saturated rings. The molecule has 2 saturated carbocycles. The van der Waals surface area contributed by atoms with Gasteiger partial charge in [-0.2, -0.15) is 0 Å². The Bertz CT molecular complexity index is 298. The summed E-state index contributed by atoms with van der Waals surface area (Å²) >= 11 is 0. The van der Waals surface area contributed by atoms with Gasteiger partial charge in [0.1, 0.15) is 39.3 Å². The van der Waals surface area contributed by atoms with Gasteiger partial charge in [0.15, 0.2) is 0 Å². The standard InChI is InChI=1S/C20H38N2O2.2BrH/c1-3-7-19(8-4-1)23-17-15-21-11-13-22(14-12-21)16-18-24-20-9-5-2-6-10-20;;/h19-20H,1-18H2;2*1H. The molecule has 0 bridgehead atoms. The number of rotatable bonds is 8. The van der Waals surface area contributed by atoms with Gasteiger partial charge in [-0.05, 0) is 25.7 Å². The lowest BCUT2D eigenvalue weighted by atomic mass is 9.98. The predicted molar refractivity (Wildman–Crippen MR) is 96.8 cm³/mol. The highest BCUT2D eigenvalue weighted by molar-refractivity contribution is 4.65. The lowest BCUT2D eigenvalue weighted by Gasteiger charge is -2.31. The van der Waals surface area contributed by atoms with Crippen LogP contribution in [-0.4, -0.2) is 64.7 Å². The van der Waals surface area contributed by atoms with E-state index in [9.17, 15) is 0 Å². The fraction of sp³-hybridized carbons (Fsp3) is 1.00. The quantitative estimate of drug-likeness (QED) is 0.348. The second kappa shape index (κ2) is 14.7. The van der Waals surface area contributed by atoms with E-state index in [1.807, 2.05) is 0 Å². The van der Waals surface area contributed by atoms with Crippen molar-refractivity contribution in [1.82, 2.24) is 0 Å². The molecule has 2 N–H and O–H groups in total. The summed E-state index contributed by atoms with van der Waals surface area (Å²) < 4.78 is 12.2. The third-order valence-corrected chi connectivity index (χ3v) is 6.39. The normalized spacial score (nSPS) is 28.2. The van der Waals surface area contributed by atoms with E-state index < -0.39 is 0 Å². The smallest absolute Gasteiger partial charge is 0.127 e. The first kappa shape index (κ1) is 24.8. The molecule has 0 atom stereocenters. The molecule has 0 radical (unpaired) electrons. The minimum absolute atomic E-state index is 0. The van der Waals surface area contributed by atoms with Crippen molar-refractivity contribution < 1.29 is 53.2 Å². The van der Waals surface area contributed by atoms with Crippen LogP contribution in [0.2, 0.25) is 0 Å². The number of nitrogens with one attached hydrogen (secondary N) is 2. The van der Waals surface area contributed by atoms with Crippen LogP contribution in [0.5, 0.6) is 0 Å². The summed E-state index contributed by atoms with van der Waals surface area (Å²) in [4.78, 5) is 3.51. The van der Waals surface area contributed by atoms with Crippen LogP contribution in [-0.2, 0) is 9.47 Å². The number of piperazine rings is 1. The molecule has 1 aliphatic heterocycles. The van der Waals surface area contributed by atoms with Crippen LogP contribution in [0.15, 0.2) is 0 Å². The molecule has 26 heavy (non-hydrogen) atoms. The van der Waals surface area contributed by atoms with Crippen molar-refractivity contribution in [2.75, 3.05) is 52.5 Å². The average molecular weight is 500 g/mol. The van der Waals surface area contributed by atoms with Crippen molar-refractivity contribution in [1.29, 1.82) is 0 Å². The fourth-order valence-corrected chi connectivity index (χ4v) is 4.66. The highest BCUT2D eigenvalue weighted by atomic mass is 79.9. The van der Waals surface area contributed by atoms with E-state index >= 15 is 0 Å². The van der Waals surface area contributed by atoms with Gasteiger partial charge in [0.05, 0.1) is 25.4 Å². The molecular weight excluding hydrogens is 460 g/mol. The van der Waals surface area contributed by atoms with Crippen molar-refractivity contribution in [3.8, 4) is 0 Å². The number of halogens is 2. The second-order valence-electron chi connectivity index (χ2n) is 8.26. The number of ether oxygens (including phenoxy) is 2. The molecule has 2 aliphatic carbocycles. The van der Waals surface area contributed by atoms with Gasteiger partial charge in [0, 0.05) is 0 Å². The number of quaternary nitrogens is 2. The van der Waals surface area contributed by atoms with Gasteiger partial charge in [0.25, 0.3) is 0 Å². The van der Waals surface area contributed by atoms with Crippen LogP contribution < -0.4 is 43.8 Å². The first-order valence-electron chi connectivity index (χ1n) is 10.8. The first-order chi connectivity index (χ1) is 11.9. The Morgan fingerprint density at radius 2 is 0.885 bits per heavy atom. The van der Waals surface area contributed by atoms with E-state index in [0.717, 1.165) is 13.2 Å². The van der Waals surface area contributed by atoms with E-state index in [-0.39, 0.29) is 34.0 Å². The molecule has 0 unspecified atom stereocenters. The Labute approximate surface area is 181 Å². The Morgan fingerprint density at radius 1 is 0.538 bits per heavy atom. The largest absolute Gasteiger partial charge is 1.00 e. The minimum atomic E-state index is 0. The molecule has 156 valence electrons. The Kier molecular flexibility index (Phi) is 14.1.